The molecule has 1 N–H and O–H groups in total. The SMILES string of the molecule is CCCOc1cccc(C(O)c2ccc(OCC)cc2)c1. The topological polar surface area (TPSA) is 38.7 Å². The van der Waals surface area contributed by atoms with Gasteiger partial charge in [-0.3, -0.25) is 0 Å². The van der Waals surface area contributed by atoms with Gasteiger partial charge in [0.2, 0.25) is 0 Å². The standard InChI is InChI=1S/C18H22O3/c1-3-12-21-17-7-5-6-15(13-17)18(19)14-8-10-16(11-9-14)20-4-2/h5-11,13,18-19H,3-4,12H2,1-2H3. The fourth-order valence-corrected chi connectivity index (χ4v) is 2.10. The molecule has 0 spiro atoms. The molecular formula is C18H22O3. The Hall–Kier alpha value is -2.00. The van der Waals surface area contributed by atoms with E-state index >= 15 is 0 Å². The van der Waals surface area contributed by atoms with Crippen LogP contribution < -0.4 is 9.47 Å². The first-order chi connectivity index (χ1) is 10.2. The number of ether oxygens (including phenoxy) is 2. The molecule has 0 aromatic heterocycles. The first kappa shape index (κ1) is 15.4. The Morgan fingerprint density at radius 2 is 1.67 bits per heavy atom. The van der Waals surface area contributed by atoms with E-state index in [-0.39, 0.29) is 0 Å². The number of benzene rings is 2. The average molecular weight is 286 g/mol. The molecule has 1 unspecified atom stereocenters. The summed E-state index contributed by atoms with van der Waals surface area (Å²) in [6, 6.07) is 15.1. The highest BCUT2D eigenvalue weighted by Gasteiger charge is 2.11. The zero-order valence-corrected chi connectivity index (χ0v) is 12.6. The average Bonchev–Trinajstić information content (AvgIpc) is 2.53. The summed E-state index contributed by atoms with van der Waals surface area (Å²) < 4.78 is 11.0. The lowest BCUT2D eigenvalue weighted by Gasteiger charge is -2.14. The van der Waals surface area contributed by atoms with E-state index in [0.29, 0.717) is 13.2 Å². The molecule has 0 bridgehead atoms. The van der Waals surface area contributed by atoms with E-state index in [9.17, 15) is 5.11 Å². The van der Waals surface area contributed by atoms with Crippen molar-refractivity contribution in [1.29, 1.82) is 0 Å². The minimum atomic E-state index is -0.661. The number of hydrogen-bond acceptors (Lipinski definition) is 3. The summed E-state index contributed by atoms with van der Waals surface area (Å²) in [7, 11) is 0. The third-order valence-electron chi connectivity index (χ3n) is 3.15. The van der Waals surface area contributed by atoms with Gasteiger partial charge in [-0.15, -0.1) is 0 Å². The summed E-state index contributed by atoms with van der Waals surface area (Å²) in [5.41, 5.74) is 1.67. The molecular weight excluding hydrogens is 264 g/mol. The minimum absolute atomic E-state index is 0.638. The summed E-state index contributed by atoms with van der Waals surface area (Å²) in [5.74, 6) is 1.60. The van der Waals surface area contributed by atoms with Crippen molar-refractivity contribution in [3.8, 4) is 11.5 Å². The van der Waals surface area contributed by atoms with Gasteiger partial charge in [0.15, 0.2) is 0 Å². The molecule has 0 saturated heterocycles. The van der Waals surface area contributed by atoms with Crippen LogP contribution in [0.25, 0.3) is 0 Å². The number of hydrogen-bond donors (Lipinski definition) is 1. The van der Waals surface area contributed by atoms with Crippen LogP contribution >= 0.6 is 0 Å². The first-order valence-electron chi connectivity index (χ1n) is 7.38. The van der Waals surface area contributed by atoms with Crippen LogP contribution in [-0.2, 0) is 0 Å². The van der Waals surface area contributed by atoms with Crippen molar-refractivity contribution in [2.75, 3.05) is 13.2 Å². The van der Waals surface area contributed by atoms with Crippen LogP contribution in [0.4, 0.5) is 0 Å². The minimum Gasteiger partial charge on any atom is -0.494 e. The van der Waals surface area contributed by atoms with Gasteiger partial charge < -0.3 is 14.6 Å². The Bertz CT molecular complexity index is 549. The predicted octanol–water partition coefficient (Wildman–Crippen LogP) is 3.96. The molecule has 0 fully saturated rings. The van der Waals surface area contributed by atoms with Crippen LogP contribution in [0.2, 0.25) is 0 Å². The van der Waals surface area contributed by atoms with Crippen LogP contribution in [-0.4, -0.2) is 18.3 Å². The molecule has 0 aliphatic rings. The Balaban J connectivity index is 2.13. The number of aliphatic hydroxyl groups excluding tert-OH is 1. The van der Waals surface area contributed by atoms with E-state index in [1.54, 1.807) is 0 Å². The van der Waals surface area contributed by atoms with Gasteiger partial charge in [-0.25, -0.2) is 0 Å². The van der Waals surface area contributed by atoms with Gasteiger partial charge in [-0.1, -0.05) is 31.2 Å². The van der Waals surface area contributed by atoms with Gasteiger partial charge in [-0.2, -0.15) is 0 Å². The normalized spacial score (nSPS) is 12.0. The molecule has 0 radical (unpaired) electrons. The fourth-order valence-electron chi connectivity index (χ4n) is 2.10. The van der Waals surface area contributed by atoms with Crippen LogP contribution in [0.3, 0.4) is 0 Å². The smallest absolute Gasteiger partial charge is 0.119 e. The summed E-state index contributed by atoms with van der Waals surface area (Å²) in [6.07, 6.45) is 0.303. The van der Waals surface area contributed by atoms with Gasteiger partial charge in [0.25, 0.3) is 0 Å². The third-order valence-corrected chi connectivity index (χ3v) is 3.15. The largest absolute Gasteiger partial charge is 0.494 e. The lowest BCUT2D eigenvalue weighted by molar-refractivity contribution is 0.219. The number of rotatable bonds is 7. The zero-order valence-electron chi connectivity index (χ0n) is 12.6. The van der Waals surface area contributed by atoms with E-state index in [2.05, 4.69) is 6.92 Å². The molecule has 21 heavy (non-hydrogen) atoms. The highest BCUT2D eigenvalue weighted by molar-refractivity contribution is 5.37. The molecule has 1 atom stereocenters. The van der Waals surface area contributed by atoms with Crippen LogP contribution in [0.15, 0.2) is 48.5 Å². The summed E-state index contributed by atoms with van der Waals surface area (Å²) >= 11 is 0. The highest BCUT2D eigenvalue weighted by atomic mass is 16.5. The quantitative estimate of drug-likeness (QED) is 0.837. The lowest BCUT2D eigenvalue weighted by atomic mass is 10.0. The summed E-state index contributed by atoms with van der Waals surface area (Å²) in [5, 5.41) is 10.5. The van der Waals surface area contributed by atoms with Crippen molar-refractivity contribution < 1.29 is 14.6 Å². The Kier molecular flexibility index (Phi) is 5.64. The van der Waals surface area contributed by atoms with Crippen molar-refractivity contribution in [3.63, 3.8) is 0 Å². The lowest BCUT2D eigenvalue weighted by Crippen LogP contribution is -2.01. The first-order valence-corrected chi connectivity index (χ1v) is 7.38. The van der Waals surface area contributed by atoms with Gasteiger partial charge in [0.1, 0.15) is 17.6 Å². The van der Waals surface area contributed by atoms with Crippen molar-refractivity contribution in [2.45, 2.75) is 26.4 Å². The molecule has 3 heteroatoms. The Labute approximate surface area is 126 Å². The maximum absolute atomic E-state index is 10.5. The van der Waals surface area contributed by atoms with Crippen LogP contribution in [0, 0.1) is 0 Å². The summed E-state index contributed by atoms with van der Waals surface area (Å²) in [6.45, 7) is 5.34. The molecule has 2 rings (SSSR count). The van der Waals surface area contributed by atoms with Crippen molar-refractivity contribution in [1.82, 2.24) is 0 Å². The maximum Gasteiger partial charge on any atom is 0.119 e. The van der Waals surface area contributed by atoms with Crippen LogP contribution in [0.1, 0.15) is 37.5 Å². The van der Waals surface area contributed by atoms with Gasteiger partial charge >= 0.3 is 0 Å². The van der Waals surface area contributed by atoms with E-state index in [0.717, 1.165) is 29.0 Å². The van der Waals surface area contributed by atoms with E-state index in [1.165, 1.54) is 0 Å². The third kappa shape index (κ3) is 4.23. The van der Waals surface area contributed by atoms with E-state index in [4.69, 9.17) is 9.47 Å². The summed E-state index contributed by atoms with van der Waals surface area (Å²) in [4.78, 5) is 0. The molecule has 2 aromatic rings. The van der Waals surface area contributed by atoms with Crippen molar-refractivity contribution >= 4 is 0 Å². The molecule has 0 aliphatic heterocycles. The van der Waals surface area contributed by atoms with E-state index in [1.807, 2.05) is 55.5 Å². The predicted molar refractivity (Wildman–Crippen MR) is 83.9 cm³/mol. The Morgan fingerprint density at radius 1 is 0.905 bits per heavy atom. The second kappa shape index (κ2) is 7.70. The molecule has 2 aromatic carbocycles. The second-order valence-electron chi connectivity index (χ2n) is 4.83. The van der Waals surface area contributed by atoms with Gasteiger partial charge in [0.05, 0.1) is 13.2 Å². The van der Waals surface area contributed by atoms with Gasteiger partial charge in [-0.05, 0) is 48.7 Å². The molecule has 0 aliphatic carbocycles. The van der Waals surface area contributed by atoms with E-state index < -0.39 is 6.10 Å². The molecule has 0 heterocycles. The molecule has 3 nitrogen and oxygen atoms in total. The monoisotopic (exact) mass is 286 g/mol. The zero-order chi connectivity index (χ0) is 15.1. The van der Waals surface area contributed by atoms with Crippen molar-refractivity contribution in [3.05, 3.63) is 59.7 Å². The van der Waals surface area contributed by atoms with Crippen LogP contribution in [0.5, 0.6) is 11.5 Å². The molecule has 0 amide bonds. The fraction of sp³-hybridized carbons (Fsp3) is 0.333. The molecule has 0 saturated carbocycles. The Morgan fingerprint density at radius 3 is 2.33 bits per heavy atom. The highest BCUT2D eigenvalue weighted by Crippen LogP contribution is 2.26. The maximum atomic E-state index is 10.5. The molecule has 112 valence electrons. The van der Waals surface area contributed by atoms with Gasteiger partial charge in [0, 0.05) is 0 Å². The number of aliphatic hydroxyl groups is 1. The second-order valence-corrected chi connectivity index (χ2v) is 4.83. The van der Waals surface area contributed by atoms with Crippen molar-refractivity contribution in [2.24, 2.45) is 0 Å².